The van der Waals surface area contributed by atoms with Crippen molar-refractivity contribution in [2.45, 2.75) is 45.4 Å². The van der Waals surface area contributed by atoms with Crippen LogP contribution in [-0.2, 0) is 23.1 Å². The highest BCUT2D eigenvalue weighted by molar-refractivity contribution is 5.95. The fourth-order valence-electron chi connectivity index (χ4n) is 5.12. The molecular weight excluding hydrogens is 474 g/mol. The van der Waals surface area contributed by atoms with E-state index in [9.17, 15) is 4.79 Å². The van der Waals surface area contributed by atoms with Crippen LogP contribution in [0.3, 0.4) is 0 Å². The molecule has 1 atom stereocenters. The zero-order chi connectivity index (χ0) is 26.7. The van der Waals surface area contributed by atoms with Crippen molar-refractivity contribution in [1.29, 1.82) is 5.41 Å². The molecule has 7 nitrogen and oxygen atoms in total. The van der Waals surface area contributed by atoms with E-state index in [1.807, 2.05) is 35.2 Å². The maximum atomic E-state index is 13.2. The zero-order valence-corrected chi connectivity index (χ0v) is 22.5. The Morgan fingerprint density at radius 3 is 2.63 bits per heavy atom. The van der Waals surface area contributed by atoms with Gasteiger partial charge in [-0.3, -0.25) is 15.2 Å². The van der Waals surface area contributed by atoms with Crippen molar-refractivity contribution >= 4 is 17.4 Å². The number of nitrogens with one attached hydrogen (secondary N) is 3. The van der Waals surface area contributed by atoms with E-state index in [2.05, 4.69) is 60.7 Å². The molecule has 1 aliphatic heterocycles. The number of hydrogen-bond acceptors (Lipinski definition) is 5. The molecule has 38 heavy (non-hydrogen) atoms. The van der Waals surface area contributed by atoms with Gasteiger partial charge >= 0.3 is 0 Å². The first-order chi connectivity index (χ1) is 18.3. The lowest BCUT2D eigenvalue weighted by molar-refractivity contribution is -0.120. The Balaban J connectivity index is 1.25. The van der Waals surface area contributed by atoms with E-state index in [0.29, 0.717) is 23.7 Å². The van der Waals surface area contributed by atoms with Gasteiger partial charge in [0.15, 0.2) is 0 Å². The van der Waals surface area contributed by atoms with E-state index in [4.69, 9.17) is 10.1 Å². The van der Waals surface area contributed by atoms with Gasteiger partial charge in [0.1, 0.15) is 23.0 Å². The van der Waals surface area contributed by atoms with E-state index in [1.54, 1.807) is 6.20 Å². The first kappa shape index (κ1) is 25.9. The number of hydrogen-bond donors (Lipinski definition) is 3. The van der Waals surface area contributed by atoms with E-state index >= 15 is 0 Å². The van der Waals surface area contributed by atoms with E-state index in [0.717, 1.165) is 56.0 Å². The Bertz CT molecular complexity index is 1320. The van der Waals surface area contributed by atoms with Gasteiger partial charge in [-0.25, -0.2) is 0 Å². The third-order valence-corrected chi connectivity index (χ3v) is 7.42. The smallest absolute Gasteiger partial charge is 0.227 e. The number of carbonyl (C=O) groups is 1. The molecule has 1 unspecified atom stereocenters. The van der Waals surface area contributed by atoms with Crippen LogP contribution >= 0.6 is 0 Å². The molecular formula is C31H37N5O2. The molecule has 198 valence electrons. The van der Waals surface area contributed by atoms with Gasteiger partial charge < -0.3 is 20.3 Å². The quantitative estimate of drug-likeness (QED) is 0.326. The molecule has 0 spiro atoms. The van der Waals surface area contributed by atoms with Crippen LogP contribution in [-0.4, -0.2) is 47.8 Å². The summed E-state index contributed by atoms with van der Waals surface area (Å²) in [6.07, 6.45) is 4.08. The summed E-state index contributed by atoms with van der Waals surface area (Å²) in [5.74, 6) is 1.79. The molecule has 1 amide bonds. The number of aromatic nitrogens is 1. The van der Waals surface area contributed by atoms with Crippen molar-refractivity contribution in [3.63, 3.8) is 0 Å². The number of nitrogens with zero attached hydrogens (tertiary/aromatic N) is 2. The fourth-order valence-corrected chi connectivity index (χ4v) is 5.12. The Kier molecular flexibility index (Phi) is 7.47. The molecule has 1 fully saturated rings. The minimum absolute atomic E-state index is 0.0296. The van der Waals surface area contributed by atoms with Crippen LogP contribution in [0.4, 0.5) is 5.69 Å². The number of amides is 1. The molecule has 7 heteroatoms. The van der Waals surface area contributed by atoms with E-state index < -0.39 is 0 Å². The monoisotopic (exact) mass is 511 g/mol. The van der Waals surface area contributed by atoms with Crippen LogP contribution in [0.1, 0.15) is 49.6 Å². The van der Waals surface area contributed by atoms with Crippen molar-refractivity contribution in [2.24, 2.45) is 5.92 Å². The third-order valence-electron chi connectivity index (χ3n) is 7.42. The molecule has 3 N–H and O–H groups in total. The summed E-state index contributed by atoms with van der Waals surface area (Å²) in [6, 6.07) is 17.9. The minimum Gasteiger partial charge on any atom is -0.457 e. The summed E-state index contributed by atoms with van der Waals surface area (Å²) in [4.78, 5) is 19.6. The second-order valence-electron chi connectivity index (χ2n) is 11.3. The van der Waals surface area contributed by atoms with Gasteiger partial charge in [-0.15, -0.1) is 0 Å². The van der Waals surface area contributed by atoms with Crippen LogP contribution in [0.15, 0.2) is 60.8 Å². The molecule has 2 aliphatic rings. The number of benzene rings is 2. The highest BCUT2D eigenvalue weighted by Crippen LogP contribution is 2.32. The number of pyridine rings is 1. The van der Waals surface area contributed by atoms with E-state index in [-0.39, 0.29) is 17.2 Å². The topological polar surface area (TPSA) is 90.3 Å². The summed E-state index contributed by atoms with van der Waals surface area (Å²) in [5, 5.41) is 15.0. The van der Waals surface area contributed by atoms with Gasteiger partial charge in [-0.05, 0) is 71.7 Å². The molecule has 1 aromatic heterocycles. The normalized spacial score (nSPS) is 17.4. The first-order valence-electron chi connectivity index (χ1n) is 13.5. The number of piperazine rings is 1. The van der Waals surface area contributed by atoms with Crippen molar-refractivity contribution in [3.05, 3.63) is 83.2 Å². The summed E-state index contributed by atoms with van der Waals surface area (Å²) < 4.78 is 6.19. The fraction of sp³-hybridized carbons (Fsp3) is 0.387. The second-order valence-corrected chi connectivity index (χ2v) is 11.3. The number of carbonyl (C=O) groups excluding carboxylic acids is 1. The standard InChI is InChI=1S/C31H37N5O2/c1-31(2,3)24-5-4-6-25(19-24)35-30(37)22-8-7-21-9-10-26(18-23(21)17-22)38-27-11-12-34-28(20-27)29(32)36-15-13-33-14-16-36/h4-6,9-12,18-20,22,32-33H,7-8,13-17H2,1-3H3,(H,35,37). The van der Waals surface area contributed by atoms with Crippen molar-refractivity contribution < 1.29 is 9.53 Å². The predicted molar refractivity (Wildman–Crippen MR) is 151 cm³/mol. The maximum absolute atomic E-state index is 13.2. The molecule has 0 bridgehead atoms. The third kappa shape index (κ3) is 6.05. The minimum atomic E-state index is -0.0805. The highest BCUT2D eigenvalue weighted by Gasteiger charge is 2.26. The van der Waals surface area contributed by atoms with Gasteiger partial charge in [0.05, 0.1) is 0 Å². The van der Waals surface area contributed by atoms with Crippen molar-refractivity contribution in [1.82, 2.24) is 15.2 Å². The lowest BCUT2D eigenvalue weighted by atomic mass is 9.83. The number of aryl methyl sites for hydroxylation is 1. The lowest BCUT2D eigenvalue weighted by Gasteiger charge is -2.29. The zero-order valence-electron chi connectivity index (χ0n) is 22.5. The number of amidine groups is 1. The van der Waals surface area contributed by atoms with Crippen molar-refractivity contribution in [3.8, 4) is 11.5 Å². The van der Waals surface area contributed by atoms with Crippen LogP contribution < -0.4 is 15.4 Å². The molecule has 2 heterocycles. The summed E-state index contributed by atoms with van der Waals surface area (Å²) >= 11 is 0. The predicted octanol–water partition coefficient (Wildman–Crippen LogP) is 5.15. The molecule has 1 saturated heterocycles. The summed E-state index contributed by atoms with van der Waals surface area (Å²) in [5.41, 5.74) is 5.11. The molecule has 5 rings (SSSR count). The van der Waals surface area contributed by atoms with Crippen molar-refractivity contribution in [2.75, 3.05) is 31.5 Å². The molecule has 1 aliphatic carbocycles. The number of rotatable bonds is 5. The Hall–Kier alpha value is -3.71. The van der Waals surface area contributed by atoms with E-state index in [1.165, 1.54) is 11.1 Å². The maximum Gasteiger partial charge on any atom is 0.227 e. The van der Waals surface area contributed by atoms with Gasteiger partial charge in [0.2, 0.25) is 5.91 Å². The second kappa shape index (κ2) is 11.0. The number of ether oxygens (including phenoxy) is 1. The molecule has 2 aromatic carbocycles. The molecule has 3 aromatic rings. The summed E-state index contributed by atoms with van der Waals surface area (Å²) in [7, 11) is 0. The van der Waals surface area contributed by atoms with Crippen LogP contribution in [0.2, 0.25) is 0 Å². The van der Waals surface area contributed by atoms with Gasteiger partial charge in [0, 0.05) is 50.0 Å². The number of anilines is 1. The Labute approximate surface area is 225 Å². The molecule has 0 saturated carbocycles. The largest absolute Gasteiger partial charge is 0.457 e. The van der Waals surface area contributed by atoms with Gasteiger partial charge in [-0.1, -0.05) is 39.0 Å². The number of fused-ring (bicyclic) bond motifs is 1. The SMILES string of the molecule is CC(C)(C)c1cccc(NC(=O)C2CCc3ccc(Oc4ccnc(C(=N)N5CCNCC5)c4)cc3C2)c1. The van der Waals surface area contributed by atoms with Crippen LogP contribution in [0, 0.1) is 11.3 Å². The highest BCUT2D eigenvalue weighted by atomic mass is 16.5. The Morgan fingerprint density at radius 2 is 1.84 bits per heavy atom. The first-order valence-corrected chi connectivity index (χ1v) is 13.5. The van der Waals surface area contributed by atoms with Gasteiger partial charge in [-0.2, -0.15) is 0 Å². The molecule has 0 radical (unpaired) electrons. The van der Waals surface area contributed by atoms with Crippen LogP contribution in [0.25, 0.3) is 0 Å². The average Bonchev–Trinajstić information content (AvgIpc) is 2.92. The van der Waals surface area contributed by atoms with Crippen LogP contribution in [0.5, 0.6) is 11.5 Å². The summed E-state index contributed by atoms with van der Waals surface area (Å²) in [6.45, 7) is 9.87. The lowest BCUT2D eigenvalue weighted by Crippen LogP contribution is -2.46. The Morgan fingerprint density at radius 1 is 1.05 bits per heavy atom. The van der Waals surface area contributed by atoms with Gasteiger partial charge in [0.25, 0.3) is 0 Å². The average molecular weight is 512 g/mol.